The highest BCUT2D eigenvalue weighted by Crippen LogP contribution is 2.30. The van der Waals surface area contributed by atoms with Crippen LogP contribution in [0, 0.1) is 11.6 Å². The first-order valence-corrected chi connectivity index (χ1v) is 7.31. The van der Waals surface area contributed by atoms with Crippen molar-refractivity contribution >= 4 is 34.7 Å². The van der Waals surface area contributed by atoms with Crippen LogP contribution in [-0.2, 0) is 9.59 Å². The Labute approximate surface area is 141 Å². The molecule has 2 amide bonds. The zero-order valence-electron chi connectivity index (χ0n) is 12.4. The molecule has 122 valence electrons. The minimum absolute atomic E-state index is 0.00386. The number of rotatable bonds is 3. The zero-order chi connectivity index (χ0) is 17.4. The minimum atomic E-state index is -1.06. The van der Waals surface area contributed by atoms with Crippen LogP contribution in [-0.4, -0.2) is 23.8 Å². The molecule has 24 heavy (non-hydrogen) atoms. The van der Waals surface area contributed by atoms with Crippen molar-refractivity contribution in [2.24, 2.45) is 0 Å². The van der Waals surface area contributed by atoms with Gasteiger partial charge in [0.2, 0.25) is 0 Å². The van der Waals surface area contributed by atoms with E-state index in [-0.39, 0.29) is 17.0 Å². The predicted octanol–water partition coefficient (Wildman–Crippen LogP) is 3.44. The van der Waals surface area contributed by atoms with Gasteiger partial charge in [-0.15, -0.1) is 0 Å². The first-order chi connectivity index (χ1) is 11.4. The maximum atomic E-state index is 13.4. The molecular formula is C17H11ClF2N2O2. The summed E-state index contributed by atoms with van der Waals surface area (Å²) < 4.78 is 26.4. The molecule has 0 aromatic heterocycles. The van der Waals surface area contributed by atoms with E-state index < -0.39 is 23.4 Å². The quantitative estimate of drug-likeness (QED) is 0.864. The Morgan fingerprint density at radius 2 is 1.62 bits per heavy atom. The molecule has 0 unspecified atom stereocenters. The molecule has 2 aromatic rings. The van der Waals surface area contributed by atoms with E-state index in [0.29, 0.717) is 10.6 Å². The molecule has 0 radical (unpaired) electrons. The highest BCUT2D eigenvalue weighted by Gasteiger charge is 2.36. The summed E-state index contributed by atoms with van der Waals surface area (Å²) in [6.45, 7) is 0. The molecule has 1 aliphatic rings. The van der Waals surface area contributed by atoms with E-state index in [1.165, 1.54) is 13.1 Å². The van der Waals surface area contributed by atoms with E-state index in [4.69, 9.17) is 11.6 Å². The monoisotopic (exact) mass is 348 g/mol. The van der Waals surface area contributed by atoms with Crippen LogP contribution in [0.3, 0.4) is 0 Å². The molecule has 4 nitrogen and oxygen atoms in total. The van der Waals surface area contributed by atoms with Gasteiger partial charge in [-0.1, -0.05) is 23.7 Å². The van der Waals surface area contributed by atoms with Gasteiger partial charge < -0.3 is 5.32 Å². The summed E-state index contributed by atoms with van der Waals surface area (Å²) in [5, 5.41) is 3.20. The molecule has 1 aliphatic heterocycles. The third kappa shape index (κ3) is 2.76. The number of hydrogen-bond acceptors (Lipinski definition) is 3. The number of likely N-dealkylation sites (N-methyl/N-ethyl adjacent to an activating group) is 1. The molecule has 7 heteroatoms. The molecule has 0 saturated heterocycles. The van der Waals surface area contributed by atoms with Crippen LogP contribution < -0.4 is 5.32 Å². The SMILES string of the molecule is CN1C(=O)C(Nc2ccc(F)c(F)c2)=C(c2ccc(Cl)cc2)C1=O. The van der Waals surface area contributed by atoms with E-state index in [1.54, 1.807) is 24.3 Å². The Bertz CT molecular complexity index is 879. The second-order valence-corrected chi connectivity index (χ2v) is 5.62. The number of carbonyl (C=O) groups is 2. The molecule has 0 bridgehead atoms. The van der Waals surface area contributed by atoms with Crippen LogP contribution in [0.1, 0.15) is 5.56 Å². The summed E-state index contributed by atoms with van der Waals surface area (Å²) in [6, 6.07) is 9.53. The topological polar surface area (TPSA) is 49.4 Å². The zero-order valence-corrected chi connectivity index (χ0v) is 13.2. The van der Waals surface area contributed by atoms with E-state index in [1.807, 2.05) is 0 Å². The number of hydrogen-bond donors (Lipinski definition) is 1. The lowest BCUT2D eigenvalue weighted by molar-refractivity contribution is -0.135. The van der Waals surface area contributed by atoms with E-state index in [9.17, 15) is 18.4 Å². The Kier molecular flexibility index (Phi) is 4.07. The Morgan fingerprint density at radius 3 is 2.25 bits per heavy atom. The van der Waals surface area contributed by atoms with Crippen molar-refractivity contribution in [2.45, 2.75) is 0 Å². The van der Waals surface area contributed by atoms with E-state index in [0.717, 1.165) is 17.0 Å². The first kappa shape index (κ1) is 16.1. The second kappa shape index (κ2) is 6.05. The lowest BCUT2D eigenvalue weighted by atomic mass is 10.0. The Hall–Kier alpha value is -2.73. The third-order valence-corrected chi connectivity index (χ3v) is 3.86. The molecular weight excluding hydrogens is 338 g/mol. The lowest BCUT2D eigenvalue weighted by Gasteiger charge is -2.09. The fourth-order valence-electron chi connectivity index (χ4n) is 2.36. The van der Waals surface area contributed by atoms with Crippen LogP contribution >= 0.6 is 11.6 Å². The van der Waals surface area contributed by atoms with E-state index >= 15 is 0 Å². The van der Waals surface area contributed by atoms with Crippen molar-refractivity contribution in [1.82, 2.24) is 4.90 Å². The van der Waals surface area contributed by atoms with Crippen LogP contribution in [0.15, 0.2) is 48.2 Å². The highest BCUT2D eigenvalue weighted by atomic mass is 35.5. The highest BCUT2D eigenvalue weighted by molar-refractivity contribution is 6.36. The van der Waals surface area contributed by atoms with Gasteiger partial charge in [-0.05, 0) is 29.8 Å². The number of nitrogens with one attached hydrogen (secondary N) is 1. The van der Waals surface area contributed by atoms with Crippen molar-refractivity contribution in [2.75, 3.05) is 12.4 Å². The van der Waals surface area contributed by atoms with Gasteiger partial charge >= 0.3 is 0 Å². The summed E-state index contributed by atoms with van der Waals surface area (Å²) in [7, 11) is 1.35. The molecule has 2 aromatic carbocycles. The average Bonchev–Trinajstić information content (AvgIpc) is 2.76. The molecule has 0 spiro atoms. The second-order valence-electron chi connectivity index (χ2n) is 5.18. The number of halogens is 3. The van der Waals surface area contributed by atoms with Crippen molar-refractivity contribution in [3.8, 4) is 0 Å². The summed E-state index contributed by atoms with van der Waals surface area (Å²) in [4.78, 5) is 25.6. The minimum Gasteiger partial charge on any atom is -0.350 e. The molecule has 0 atom stereocenters. The first-order valence-electron chi connectivity index (χ1n) is 6.93. The molecule has 0 saturated carbocycles. The summed E-state index contributed by atoms with van der Waals surface area (Å²) in [5.41, 5.74) is 0.790. The fraction of sp³-hybridized carbons (Fsp3) is 0.0588. The molecule has 1 N–H and O–H groups in total. The van der Waals surface area contributed by atoms with Gasteiger partial charge in [0.1, 0.15) is 5.70 Å². The summed E-state index contributed by atoms with van der Waals surface area (Å²) >= 11 is 5.84. The molecule has 0 fully saturated rings. The number of amides is 2. The number of imide groups is 1. The van der Waals surface area contributed by atoms with Crippen LogP contribution in [0.2, 0.25) is 5.02 Å². The Morgan fingerprint density at radius 1 is 0.958 bits per heavy atom. The standard InChI is InChI=1S/C17H11ClF2N2O2/c1-22-16(23)14(9-2-4-10(18)5-3-9)15(17(22)24)21-11-6-7-12(19)13(20)8-11/h2-8,21H,1H3. The van der Waals surface area contributed by atoms with Crippen molar-refractivity contribution in [1.29, 1.82) is 0 Å². The van der Waals surface area contributed by atoms with Crippen LogP contribution in [0.5, 0.6) is 0 Å². The van der Waals surface area contributed by atoms with Crippen LogP contribution in [0.25, 0.3) is 5.57 Å². The Balaban J connectivity index is 2.08. The number of carbonyl (C=O) groups excluding carboxylic acids is 2. The van der Waals surface area contributed by atoms with Gasteiger partial charge in [0.15, 0.2) is 11.6 Å². The van der Waals surface area contributed by atoms with Gasteiger partial charge in [-0.25, -0.2) is 8.78 Å². The fourth-order valence-corrected chi connectivity index (χ4v) is 2.49. The van der Waals surface area contributed by atoms with Gasteiger partial charge in [0.05, 0.1) is 5.57 Å². The van der Waals surface area contributed by atoms with Crippen molar-refractivity contribution in [3.63, 3.8) is 0 Å². The van der Waals surface area contributed by atoms with Crippen LogP contribution in [0.4, 0.5) is 14.5 Å². The van der Waals surface area contributed by atoms with Gasteiger partial charge in [0.25, 0.3) is 11.8 Å². The number of nitrogens with zero attached hydrogens (tertiary/aromatic N) is 1. The van der Waals surface area contributed by atoms with Gasteiger partial charge in [0, 0.05) is 23.8 Å². The normalized spacial score (nSPS) is 14.6. The van der Waals surface area contributed by atoms with E-state index in [2.05, 4.69) is 5.32 Å². The average molecular weight is 349 g/mol. The number of benzene rings is 2. The summed E-state index contributed by atoms with van der Waals surface area (Å²) in [6.07, 6.45) is 0. The third-order valence-electron chi connectivity index (χ3n) is 3.61. The number of anilines is 1. The van der Waals surface area contributed by atoms with Gasteiger partial charge in [-0.2, -0.15) is 0 Å². The maximum Gasteiger partial charge on any atom is 0.277 e. The van der Waals surface area contributed by atoms with Crippen molar-refractivity contribution in [3.05, 3.63) is 70.4 Å². The summed E-state index contributed by atoms with van der Waals surface area (Å²) in [5.74, 6) is -3.11. The molecule has 0 aliphatic carbocycles. The molecule has 3 rings (SSSR count). The van der Waals surface area contributed by atoms with Gasteiger partial charge in [-0.3, -0.25) is 14.5 Å². The smallest absolute Gasteiger partial charge is 0.277 e. The maximum absolute atomic E-state index is 13.4. The molecule has 1 heterocycles. The predicted molar refractivity (Wildman–Crippen MR) is 86.1 cm³/mol. The lowest BCUT2D eigenvalue weighted by Crippen LogP contribution is -2.27. The largest absolute Gasteiger partial charge is 0.350 e. The van der Waals surface area contributed by atoms with Crippen molar-refractivity contribution < 1.29 is 18.4 Å².